The Balaban J connectivity index is 1.99. The predicted octanol–water partition coefficient (Wildman–Crippen LogP) is 2.91. The van der Waals surface area contributed by atoms with Crippen molar-refractivity contribution in [3.05, 3.63) is 71.4 Å². The van der Waals surface area contributed by atoms with E-state index >= 15 is 0 Å². The summed E-state index contributed by atoms with van der Waals surface area (Å²) in [7, 11) is 0. The van der Waals surface area contributed by atoms with E-state index < -0.39 is 11.9 Å². The van der Waals surface area contributed by atoms with Crippen molar-refractivity contribution in [2.24, 2.45) is 5.73 Å². The smallest absolute Gasteiger partial charge is 0.240 e. The number of carbonyl (C=O) groups is 2. The van der Waals surface area contributed by atoms with E-state index in [1.807, 2.05) is 61.5 Å². The van der Waals surface area contributed by atoms with Crippen LogP contribution in [0.25, 0.3) is 10.9 Å². The number of aromatic amines is 1. The van der Waals surface area contributed by atoms with Crippen molar-refractivity contribution in [3.63, 3.8) is 0 Å². The van der Waals surface area contributed by atoms with Crippen LogP contribution < -0.4 is 5.73 Å². The Hall–Kier alpha value is -3.08. The summed E-state index contributed by atoms with van der Waals surface area (Å²) in [6, 6.07) is 16.8. The largest absolute Gasteiger partial charge is 0.368 e. The molecule has 2 unspecified atom stereocenters. The lowest BCUT2D eigenvalue weighted by atomic mass is 9.87. The molecule has 1 aliphatic heterocycles. The minimum Gasteiger partial charge on any atom is -0.368 e. The quantitative estimate of drug-likeness (QED) is 0.764. The minimum absolute atomic E-state index is 0.0769. The van der Waals surface area contributed by atoms with Gasteiger partial charge in [0.1, 0.15) is 6.04 Å². The highest BCUT2D eigenvalue weighted by Crippen LogP contribution is 2.41. The van der Waals surface area contributed by atoms with Gasteiger partial charge in [0.15, 0.2) is 0 Å². The molecule has 0 saturated carbocycles. The average Bonchev–Trinajstić information content (AvgIpc) is 3.04. The van der Waals surface area contributed by atoms with Crippen molar-refractivity contribution in [1.29, 1.82) is 0 Å². The average molecular weight is 347 g/mol. The summed E-state index contributed by atoms with van der Waals surface area (Å²) in [4.78, 5) is 30.2. The van der Waals surface area contributed by atoms with E-state index in [1.54, 1.807) is 4.90 Å². The molecule has 2 amide bonds. The van der Waals surface area contributed by atoms with Gasteiger partial charge in [-0.15, -0.1) is 0 Å². The molecule has 0 fully saturated rings. The number of nitrogens with one attached hydrogen (secondary N) is 1. The number of carbonyl (C=O) groups excluding carboxylic acids is 2. The summed E-state index contributed by atoms with van der Waals surface area (Å²) in [5.41, 5.74) is 9.73. The van der Waals surface area contributed by atoms with Gasteiger partial charge >= 0.3 is 0 Å². The molecule has 132 valence electrons. The van der Waals surface area contributed by atoms with Gasteiger partial charge in [0.25, 0.3) is 0 Å². The van der Waals surface area contributed by atoms with Crippen LogP contribution >= 0.6 is 0 Å². The van der Waals surface area contributed by atoms with Gasteiger partial charge in [-0.2, -0.15) is 0 Å². The molecule has 1 aromatic heterocycles. The van der Waals surface area contributed by atoms with Gasteiger partial charge in [-0.05, 0) is 17.2 Å². The number of amides is 2. The number of fused-ring (bicyclic) bond motifs is 3. The van der Waals surface area contributed by atoms with Crippen LogP contribution in [0.2, 0.25) is 0 Å². The van der Waals surface area contributed by atoms with Gasteiger partial charge in [0, 0.05) is 29.4 Å². The van der Waals surface area contributed by atoms with Crippen molar-refractivity contribution in [1.82, 2.24) is 9.88 Å². The first-order valence-electron chi connectivity index (χ1n) is 8.86. The number of primary amides is 1. The van der Waals surface area contributed by atoms with Gasteiger partial charge in [-0.3, -0.25) is 9.59 Å². The van der Waals surface area contributed by atoms with E-state index in [4.69, 9.17) is 5.73 Å². The molecule has 2 aromatic carbocycles. The van der Waals surface area contributed by atoms with Crippen molar-refractivity contribution >= 4 is 22.7 Å². The van der Waals surface area contributed by atoms with E-state index in [-0.39, 0.29) is 11.9 Å². The number of para-hydroxylation sites is 1. The van der Waals surface area contributed by atoms with Crippen molar-refractivity contribution in [2.45, 2.75) is 31.8 Å². The molecule has 1 aliphatic rings. The fourth-order valence-corrected chi connectivity index (χ4v) is 3.99. The fourth-order valence-electron chi connectivity index (χ4n) is 3.99. The van der Waals surface area contributed by atoms with Gasteiger partial charge < -0.3 is 15.6 Å². The zero-order valence-electron chi connectivity index (χ0n) is 14.6. The Morgan fingerprint density at radius 1 is 1.12 bits per heavy atom. The molecule has 5 nitrogen and oxygen atoms in total. The minimum atomic E-state index is -0.653. The number of hydrogen-bond donors (Lipinski definition) is 2. The molecule has 4 rings (SSSR count). The van der Waals surface area contributed by atoms with Crippen LogP contribution in [0.5, 0.6) is 0 Å². The topological polar surface area (TPSA) is 79.2 Å². The molecule has 0 saturated heterocycles. The lowest BCUT2D eigenvalue weighted by Crippen LogP contribution is -2.53. The van der Waals surface area contributed by atoms with E-state index in [1.165, 1.54) is 0 Å². The molecule has 3 aromatic rings. The summed E-state index contributed by atoms with van der Waals surface area (Å²) in [5, 5.41) is 1.08. The molecule has 2 heterocycles. The van der Waals surface area contributed by atoms with E-state index in [0.717, 1.165) is 27.7 Å². The molecule has 0 radical (unpaired) electrons. The molecule has 0 aliphatic carbocycles. The van der Waals surface area contributed by atoms with Crippen LogP contribution in [-0.4, -0.2) is 27.7 Å². The Kier molecular flexibility index (Phi) is 3.99. The Morgan fingerprint density at radius 2 is 1.81 bits per heavy atom. The lowest BCUT2D eigenvalue weighted by Gasteiger charge is -2.41. The van der Waals surface area contributed by atoms with Crippen LogP contribution in [0.4, 0.5) is 0 Å². The van der Waals surface area contributed by atoms with Crippen LogP contribution in [-0.2, 0) is 16.0 Å². The Morgan fingerprint density at radius 3 is 2.50 bits per heavy atom. The summed E-state index contributed by atoms with van der Waals surface area (Å²) >= 11 is 0. The van der Waals surface area contributed by atoms with Crippen LogP contribution in [0.3, 0.4) is 0 Å². The maximum atomic E-state index is 12.8. The van der Waals surface area contributed by atoms with Crippen LogP contribution in [0.15, 0.2) is 54.6 Å². The van der Waals surface area contributed by atoms with E-state index in [2.05, 4.69) is 4.98 Å². The summed E-state index contributed by atoms with van der Waals surface area (Å²) in [6.07, 6.45) is 0.756. The Labute approximate surface area is 151 Å². The fraction of sp³-hybridized carbons (Fsp3) is 0.238. The Bertz CT molecular complexity index is 977. The van der Waals surface area contributed by atoms with Crippen molar-refractivity contribution in [3.8, 4) is 0 Å². The molecular formula is C21H21N3O2. The SMILES string of the molecule is CCC(=O)N1C(C(N)=O)Cc2c([nH]c3ccccc23)C1c1ccccc1. The highest BCUT2D eigenvalue weighted by atomic mass is 16.2. The van der Waals surface area contributed by atoms with Crippen molar-refractivity contribution < 1.29 is 9.59 Å². The van der Waals surface area contributed by atoms with Crippen molar-refractivity contribution in [2.75, 3.05) is 0 Å². The third-order valence-electron chi connectivity index (χ3n) is 5.17. The standard InChI is InChI=1S/C21H21N3O2/c1-2-18(25)24-17(21(22)26)12-15-14-10-6-7-11-16(14)23-19(15)20(24)13-8-4-3-5-9-13/h3-11,17,20,23H,2,12H2,1H3,(H2,22,26). The second-order valence-electron chi connectivity index (χ2n) is 6.65. The maximum absolute atomic E-state index is 12.8. The molecule has 2 atom stereocenters. The number of benzene rings is 2. The predicted molar refractivity (Wildman–Crippen MR) is 100 cm³/mol. The van der Waals surface area contributed by atoms with Gasteiger partial charge in [-0.25, -0.2) is 0 Å². The van der Waals surface area contributed by atoms with Crippen LogP contribution in [0.1, 0.15) is 36.2 Å². The third-order valence-corrected chi connectivity index (χ3v) is 5.17. The first-order valence-corrected chi connectivity index (χ1v) is 8.86. The second kappa shape index (κ2) is 6.33. The van der Waals surface area contributed by atoms with E-state index in [9.17, 15) is 9.59 Å². The zero-order valence-corrected chi connectivity index (χ0v) is 14.6. The maximum Gasteiger partial charge on any atom is 0.240 e. The molecule has 0 bridgehead atoms. The zero-order chi connectivity index (χ0) is 18.3. The van der Waals surface area contributed by atoms with E-state index in [0.29, 0.717) is 12.8 Å². The first-order chi connectivity index (χ1) is 12.6. The number of H-pyrrole nitrogens is 1. The summed E-state index contributed by atoms with van der Waals surface area (Å²) < 4.78 is 0. The second-order valence-corrected chi connectivity index (χ2v) is 6.65. The number of nitrogens with two attached hydrogens (primary N) is 1. The number of aromatic nitrogens is 1. The summed E-state index contributed by atoms with van der Waals surface area (Å²) in [6.45, 7) is 1.81. The normalized spacial score (nSPS) is 19.3. The summed E-state index contributed by atoms with van der Waals surface area (Å²) in [5.74, 6) is -0.546. The number of rotatable bonds is 3. The molecule has 26 heavy (non-hydrogen) atoms. The van der Waals surface area contributed by atoms with Gasteiger partial charge in [0.2, 0.25) is 11.8 Å². The van der Waals surface area contributed by atoms with Crippen LogP contribution in [0, 0.1) is 0 Å². The number of nitrogens with zero attached hydrogens (tertiary/aromatic N) is 1. The highest BCUT2D eigenvalue weighted by Gasteiger charge is 2.42. The van der Waals surface area contributed by atoms with Gasteiger partial charge in [0.05, 0.1) is 6.04 Å². The third kappa shape index (κ3) is 2.47. The number of hydrogen-bond acceptors (Lipinski definition) is 2. The molecule has 3 N–H and O–H groups in total. The highest BCUT2D eigenvalue weighted by molar-refractivity contribution is 5.91. The van der Waals surface area contributed by atoms with Gasteiger partial charge in [-0.1, -0.05) is 55.5 Å². The molecule has 0 spiro atoms. The lowest BCUT2D eigenvalue weighted by molar-refractivity contribution is -0.141. The monoisotopic (exact) mass is 347 g/mol. The first kappa shape index (κ1) is 16.4. The molecular weight excluding hydrogens is 326 g/mol. The molecule has 5 heteroatoms.